The van der Waals surface area contributed by atoms with E-state index in [9.17, 15) is 13.6 Å². The van der Waals surface area contributed by atoms with E-state index in [1.165, 1.54) is 35.9 Å². The summed E-state index contributed by atoms with van der Waals surface area (Å²) in [6, 6.07) is 11.1. The molecule has 0 radical (unpaired) electrons. The van der Waals surface area contributed by atoms with Crippen LogP contribution in [0.4, 0.5) is 19.3 Å². The SMILES string of the molecule is CN1CCN(CCCN(C(=O)Nc2ccc(F)c(Cl)c2)[C@@H]2CC[C@]3(c4ccc(F)cc4)C[C@H]23)CC1. The van der Waals surface area contributed by atoms with E-state index in [0.29, 0.717) is 18.2 Å². The third-order valence-corrected chi connectivity index (χ3v) is 8.49. The molecule has 2 aromatic carbocycles. The van der Waals surface area contributed by atoms with Crippen molar-refractivity contribution >= 4 is 23.3 Å². The molecule has 3 aliphatic rings. The number of benzene rings is 2. The number of fused-ring (bicyclic) bond motifs is 1. The van der Waals surface area contributed by atoms with Gasteiger partial charge in [-0.15, -0.1) is 0 Å². The summed E-state index contributed by atoms with van der Waals surface area (Å²) in [6.07, 6.45) is 3.84. The highest BCUT2D eigenvalue weighted by atomic mass is 35.5. The molecule has 188 valence electrons. The first kappa shape index (κ1) is 24.5. The first-order valence-electron chi connectivity index (χ1n) is 12.6. The van der Waals surface area contributed by atoms with E-state index in [0.717, 1.165) is 58.4 Å². The van der Waals surface area contributed by atoms with Crippen LogP contribution in [0.15, 0.2) is 42.5 Å². The van der Waals surface area contributed by atoms with E-state index in [1.807, 2.05) is 17.0 Å². The van der Waals surface area contributed by atoms with E-state index in [-0.39, 0.29) is 28.3 Å². The summed E-state index contributed by atoms with van der Waals surface area (Å²) in [5.74, 6) is -0.356. The molecule has 1 saturated heterocycles. The molecule has 35 heavy (non-hydrogen) atoms. The minimum Gasteiger partial charge on any atom is -0.321 e. The highest BCUT2D eigenvalue weighted by molar-refractivity contribution is 6.31. The summed E-state index contributed by atoms with van der Waals surface area (Å²) in [5.41, 5.74) is 1.71. The Kier molecular flexibility index (Phi) is 7.02. The van der Waals surface area contributed by atoms with E-state index in [4.69, 9.17) is 11.6 Å². The van der Waals surface area contributed by atoms with Crippen molar-refractivity contribution in [3.63, 3.8) is 0 Å². The zero-order valence-electron chi connectivity index (χ0n) is 20.2. The number of hydrogen-bond donors (Lipinski definition) is 1. The molecule has 1 aliphatic heterocycles. The number of carbonyl (C=O) groups excluding carboxylic acids is 1. The van der Waals surface area contributed by atoms with Gasteiger partial charge in [-0.05, 0) is 81.1 Å². The van der Waals surface area contributed by atoms with Gasteiger partial charge in [-0.3, -0.25) is 0 Å². The van der Waals surface area contributed by atoms with Gasteiger partial charge in [0.1, 0.15) is 11.6 Å². The third-order valence-electron chi connectivity index (χ3n) is 8.20. The molecule has 8 heteroatoms. The normalized spacial score (nSPS) is 26.4. The van der Waals surface area contributed by atoms with Crippen LogP contribution in [0.25, 0.3) is 0 Å². The zero-order valence-corrected chi connectivity index (χ0v) is 20.9. The van der Waals surface area contributed by atoms with Crippen LogP contribution in [-0.2, 0) is 5.41 Å². The van der Waals surface area contributed by atoms with Crippen molar-refractivity contribution in [3.05, 3.63) is 64.7 Å². The first-order valence-corrected chi connectivity index (χ1v) is 12.9. The van der Waals surface area contributed by atoms with Gasteiger partial charge in [0.25, 0.3) is 0 Å². The summed E-state index contributed by atoms with van der Waals surface area (Å²) in [6.45, 7) is 5.86. The first-order chi connectivity index (χ1) is 16.9. The number of rotatable bonds is 7. The zero-order chi connectivity index (χ0) is 24.6. The van der Waals surface area contributed by atoms with E-state index < -0.39 is 5.82 Å². The summed E-state index contributed by atoms with van der Waals surface area (Å²) >= 11 is 5.94. The number of urea groups is 1. The summed E-state index contributed by atoms with van der Waals surface area (Å²) < 4.78 is 27.1. The smallest absolute Gasteiger partial charge is 0.321 e. The van der Waals surface area contributed by atoms with Gasteiger partial charge < -0.3 is 20.0 Å². The molecule has 5 nitrogen and oxygen atoms in total. The van der Waals surface area contributed by atoms with Gasteiger partial charge in [0.05, 0.1) is 5.02 Å². The van der Waals surface area contributed by atoms with Crippen LogP contribution >= 0.6 is 11.6 Å². The lowest BCUT2D eigenvalue weighted by Gasteiger charge is -2.34. The fourth-order valence-corrected chi connectivity index (χ4v) is 6.27. The maximum absolute atomic E-state index is 13.6. The van der Waals surface area contributed by atoms with Crippen molar-refractivity contribution in [2.75, 3.05) is 51.6 Å². The van der Waals surface area contributed by atoms with Gasteiger partial charge >= 0.3 is 6.03 Å². The lowest BCUT2D eigenvalue weighted by molar-refractivity contribution is 0.140. The number of hydrogen-bond acceptors (Lipinski definition) is 3. The van der Waals surface area contributed by atoms with Gasteiger partial charge in [-0.1, -0.05) is 23.7 Å². The lowest BCUT2D eigenvalue weighted by atomic mass is 9.93. The fourth-order valence-electron chi connectivity index (χ4n) is 6.09. The molecule has 1 N–H and O–H groups in total. The molecule has 0 spiro atoms. The number of nitrogens with zero attached hydrogens (tertiary/aromatic N) is 3. The molecule has 3 fully saturated rings. The molecular formula is C27H33ClF2N4O. The topological polar surface area (TPSA) is 38.8 Å². The number of carbonyl (C=O) groups is 1. The molecule has 5 rings (SSSR count). The van der Waals surface area contributed by atoms with Crippen LogP contribution in [0.2, 0.25) is 5.02 Å². The van der Waals surface area contributed by atoms with Crippen LogP contribution in [0.1, 0.15) is 31.2 Å². The highest BCUT2D eigenvalue weighted by Crippen LogP contribution is 2.65. The predicted octanol–water partition coefficient (Wildman–Crippen LogP) is 5.21. The Morgan fingerprint density at radius 3 is 2.57 bits per heavy atom. The molecule has 1 heterocycles. The van der Waals surface area contributed by atoms with Crippen molar-refractivity contribution in [2.24, 2.45) is 5.92 Å². The van der Waals surface area contributed by atoms with Crippen LogP contribution < -0.4 is 5.32 Å². The van der Waals surface area contributed by atoms with E-state index >= 15 is 0 Å². The number of nitrogens with one attached hydrogen (secondary N) is 1. The Bertz CT molecular complexity index is 1060. The second-order valence-electron chi connectivity index (χ2n) is 10.3. The third kappa shape index (κ3) is 5.18. The monoisotopic (exact) mass is 502 g/mol. The van der Waals surface area contributed by atoms with Crippen LogP contribution in [0.3, 0.4) is 0 Å². The summed E-state index contributed by atoms with van der Waals surface area (Å²) in [4.78, 5) is 20.3. The second kappa shape index (κ2) is 10.0. The number of halogens is 3. The predicted molar refractivity (Wildman–Crippen MR) is 135 cm³/mol. The van der Waals surface area contributed by atoms with Crippen LogP contribution in [0.5, 0.6) is 0 Å². The van der Waals surface area contributed by atoms with Crippen molar-refractivity contribution in [1.82, 2.24) is 14.7 Å². The van der Waals surface area contributed by atoms with Crippen molar-refractivity contribution in [1.29, 1.82) is 0 Å². The molecule has 0 unspecified atom stereocenters. The fraction of sp³-hybridized carbons (Fsp3) is 0.519. The lowest BCUT2D eigenvalue weighted by Crippen LogP contribution is -2.47. The molecule has 0 bridgehead atoms. The minimum atomic E-state index is -0.508. The van der Waals surface area contributed by atoms with Gasteiger partial charge in [0.15, 0.2) is 0 Å². The Balaban J connectivity index is 1.28. The number of anilines is 1. The van der Waals surface area contributed by atoms with E-state index in [2.05, 4.69) is 22.2 Å². The number of piperazine rings is 1. The number of likely N-dealkylation sites (N-methyl/N-ethyl adjacent to an activating group) is 1. The Hall–Kier alpha value is -2.22. The Morgan fingerprint density at radius 1 is 1.14 bits per heavy atom. The van der Waals surface area contributed by atoms with Crippen LogP contribution in [0, 0.1) is 17.6 Å². The van der Waals surface area contributed by atoms with Crippen molar-refractivity contribution in [3.8, 4) is 0 Å². The molecule has 2 amide bonds. The Morgan fingerprint density at radius 2 is 1.89 bits per heavy atom. The molecule has 2 saturated carbocycles. The molecule has 2 aliphatic carbocycles. The average molecular weight is 503 g/mol. The molecule has 2 aromatic rings. The molecule has 3 atom stereocenters. The Labute approximate surface area is 211 Å². The highest BCUT2D eigenvalue weighted by Gasteiger charge is 2.63. The van der Waals surface area contributed by atoms with Crippen molar-refractivity contribution in [2.45, 2.75) is 37.1 Å². The standard InChI is InChI=1S/C27H33ClF2N4O/c1-32-13-15-33(16-14-32)11-2-12-34(26(35)31-21-7-8-24(30)23(28)17-21)25-9-10-27(18-22(25)27)19-3-5-20(29)6-4-19/h3-8,17,22,25H,2,9-16,18H2,1H3,(H,31,35)/t22-,25-,27-/m1/s1. The minimum absolute atomic E-state index is 0.0113. The molecule has 0 aromatic heterocycles. The van der Waals surface area contributed by atoms with Gasteiger partial charge in [0.2, 0.25) is 0 Å². The molecular weight excluding hydrogens is 470 g/mol. The quantitative estimate of drug-likeness (QED) is 0.565. The van der Waals surface area contributed by atoms with Crippen LogP contribution in [-0.4, -0.2) is 73.1 Å². The summed E-state index contributed by atoms with van der Waals surface area (Å²) in [5, 5.41) is 2.93. The number of amides is 2. The van der Waals surface area contributed by atoms with Gasteiger partial charge in [0, 0.05) is 49.9 Å². The summed E-state index contributed by atoms with van der Waals surface area (Å²) in [7, 11) is 2.15. The average Bonchev–Trinajstić information content (AvgIpc) is 3.47. The van der Waals surface area contributed by atoms with E-state index in [1.54, 1.807) is 0 Å². The second-order valence-corrected chi connectivity index (χ2v) is 10.7. The van der Waals surface area contributed by atoms with Gasteiger partial charge in [-0.25, -0.2) is 13.6 Å². The largest absolute Gasteiger partial charge is 0.322 e. The maximum atomic E-state index is 13.6. The van der Waals surface area contributed by atoms with Gasteiger partial charge in [-0.2, -0.15) is 0 Å². The van der Waals surface area contributed by atoms with Crippen molar-refractivity contribution < 1.29 is 13.6 Å². The maximum Gasteiger partial charge on any atom is 0.322 e.